The van der Waals surface area contributed by atoms with Crippen LogP contribution in [0.1, 0.15) is 41.8 Å². The fourth-order valence-electron chi connectivity index (χ4n) is 2.46. The van der Waals surface area contributed by atoms with Gasteiger partial charge < -0.3 is 9.64 Å². The molecule has 1 amide bonds. The first kappa shape index (κ1) is 14.7. The number of hydrogen-bond acceptors (Lipinski definition) is 3. The van der Waals surface area contributed by atoms with Gasteiger partial charge in [-0.3, -0.25) is 9.59 Å². The summed E-state index contributed by atoms with van der Waals surface area (Å²) in [5.41, 5.74) is 2.83. The van der Waals surface area contributed by atoms with Gasteiger partial charge in [-0.25, -0.2) is 0 Å². The summed E-state index contributed by atoms with van der Waals surface area (Å²) in [6, 6.07) is 3.84. The van der Waals surface area contributed by atoms with Gasteiger partial charge in [0.15, 0.2) is 0 Å². The minimum atomic E-state index is -0.427. The van der Waals surface area contributed by atoms with Crippen molar-refractivity contribution in [3.05, 3.63) is 28.8 Å². The van der Waals surface area contributed by atoms with Crippen LogP contribution in [0.2, 0.25) is 0 Å². The Kier molecular flexibility index (Phi) is 3.69. The standard InChI is InChI=1S/C16H21NO3/c1-10-6-7-11(2)13-12(10)14(18)15(19)17(13)9-8-16(3,4)20-5/h6-7H,8-9H2,1-5H3. The Balaban J connectivity index is 2.36. The van der Waals surface area contributed by atoms with Crippen LogP contribution < -0.4 is 4.90 Å². The summed E-state index contributed by atoms with van der Waals surface area (Å²) in [7, 11) is 1.65. The Morgan fingerprint density at radius 2 is 1.75 bits per heavy atom. The molecule has 0 fully saturated rings. The number of benzene rings is 1. The second kappa shape index (κ2) is 5.02. The fourth-order valence-corrected chi connectivity index (χ4v) is 2.46. The lowest BCUT2D eigenvalue weighted by molar-refractivity contribution is -0.114. The zero-order chi connectivity index (χ0) is 15.1. The molecule has 0 bridgehead atoms. The molecule has 1 heterocycles. The first-order valence-electron chi connectivity index (χ1n) is 6.80. The summed E-state index contributed by atoms with van der Waals surface area (Å²) in [6.45, 7) is 8.23. The van der Waals surface area contributed by atoms with Gasteiger partial charge in [0, 0.05) is 13.7 Å². The maximum atomic E-state index is 12.2. The van der Waals surface area contributed by atoms with Crippen LogP contribution in [-0.2, 0) is 9.53 Å². The van der Waals surface area contributed by atoms with Gasteiger partial charge in [-0.15, -0.1) is 0 Å². The van der Waals surface area contributed by atoms with Gasteiger partial charge in [0.25, 0.3) is 11.7 Å². The van der Waals surface area contributed by atoms with Crippen molar-refractivity contribution in [2.45, 2.75) is 39.7 Å². The number of rotatable bonds is 4. The summed E-state index contributed by atoms with van der Waals surface area (Å²) in [5.74, 6) is -0.819. The van der Waals surface area contributed by atoms with E-state index in [0.29, 0.717) is 18.5 Å². The third-order valence-electron chi connectivity index (χ3n) is 4.01. The lowest BCUT2D eigenvalue weighted by Gasteiger charge is -2.26. The third kappa shape index (κ3) is 2.36. The number of amides is 1. The number of nitrogens with zero attached hydrogens (tertiary/aromatic N) is 1. The first-order chi connectivity index (χ1) is 9.28. The van der Waals surface area contributed by atoms with Crippen molar-refractivity contribution in [1.82, 2.24) is 0 Å². The smallest absolute Gasteiger partial charge is 0.299 e. The van der Waals surface area contributed by atoms with Crippen LogP contribution in [-0.4, -0.2) is 30.9 Å². The molecule has 0 unspecified atom stereocenters. The monoisotopic (exact) mass is 275 g/mol. The number of Topliss-reactive ketones (excluding diaryl/α,β-unsaturated/α-hetero) is 1. The Morgan fingerprint density at radius 3 is 2.35 bits per heavy atom. The minimum Gasteiger partial charge on any atom is -0.379 e. The van der Waals surface area contributed by atoms with Crippen molar-refractivity contribution in [3.8, 4) is 0 Å². The normalized spacial score (nSPS) is 14.9. The van der Waals surface area contributed by atoms with Gasteiger partial charge >= 0.3 is 0 Å². The average Bonchev–Trinajstić information content (AvgIpc) is 2.66. The van der Waals surface area contributed by atoms with E-state index in [1.165, 1.54) is 0 Å². The van der Waals surface area contributed by atoms with Crippen molar-refractivity contribution in [2.75, 3.05) is 18.6 Å². The molecular weight excluding hydrogens is 254 g/mol. The Bertz CT molecular complexity index is 575. The molecule has 0 aliphatic carbocycles. The van der Waals surface area contributed by atoms with E-state index < -0.39 is 11.7 Å². The number of ether oxygens (including phenoxy) is 1. The molecule has 4 nitrogen and oxygen atoms in total. The maximum Gasteiger partial charge on any atom is 0.299 e. The summed E-state index contributed by atoms with van der Waals surface area (Å²) >= 11 is 0. The largest absolute Gasteiger partial charge is 0.379 e. The van der Waals surface area contributed by atoms with Gasteiger partial charge in [0.1, 0.15) is 0 Å². The minimum absolute atomic E-state index is 0.316. The van der Waals surface area contributed by atoms with Crippen LogP contribution >= 0.6 is 0 Å². The molecular formula is C16H21NO3. The van der Waals surface area contributed by atoms with E-state index in [-0.39, 0.29) is 5.60 Å². The Hall–Kier alpha value is -1.68. The highest BCUT2D eigenvalue weighted by atomic mass is 16.5. The third-order valence-corrected chi connectivity index (χ3v) is 4.01. The van der Waals surface area contributed by atoms with Crippen LogP contribution in [0, 0.1) is 13.8 Å². The van der Waals surface area contributed by atoms with Gasteiger partial charge in [0.2, 0.25) is 0 Å². The molecule has 108 valence electrons. The SMILES string of the molecule is COC(C)(C)CCN1C(=O)C(=O)c2c(C)ccc(C)c21. The van der Waals surface area contributed by atoms with E-state index in [4.69, 9.17) is 4.74 Å². The molecule has 0 saturated heterocycles. The Morgan fingerprint density at radius 1 is 1.15 bits per heavy atom. The van der Waals surface area contributed by atoms with Crippen LogP contribution in [0.25, 0.3) is 0 Å². The van der Waals surface area contributed by atoms with Gasteiger partial charge in [0.05, 0.1) is 16.9 Å². The number of ketones is 1. The highest BCUT2D eigenvalue weighted by molar-refractivity contribution is 6.52. The number of carbonyl (C=O) groups excluding carboxylic acids is 2. The van der Waals surface area contributed by atoms with Crippen LogP contribution in [0.15, 0.2) is 12.1 Å². The van der Waals surface area contributed by atoms with Crippen LogP contribution in [0.3, 0.4) is 0 Å². The molecule has 1 aliphatic rings. The van der Waals surface area contributed by atoms with Crippen molar-refractivity contribution in [1.29, 1.82) is 0 Å². The second-order valence-corrected chi connectivity index (χ2v) is 5.92. The molecule has 0 radical (unpaired) electrons. The predicted octanol–water partition coefficient (Wildman–Crippen LogP) is 2.65. The Labute approximate surface area is 119 Å². The maximum absolute atomic E-state index is 12.2. The van der Waals surface area contributed by atoms with Crippen molar-refractivity contribution < 1.29 is 14.3 Å². The second-order valence-electron chi connectivity index (χ2n) is 5.92. The molecule has 1 aromatic rings. The van der Waals surface area contributed by atoms with E-state index >= 15 is 0 Å². The number of aryl methyl sites for hydroxylation is 2. The molecule has 1 aromatic carbocycles. The lowest BCUT2D eigenvalue weighted by Crippen LogP contribution is -2.35. The first-order valence-corrected chi connectivity index (χ1v) is 6.80. The molecule has 0 atom stereocenters. The predicted molar refractivity (Wildman–Crippen MR) is 78.3 cm³/mol. The fraction of sp³-hybridized carbons (Fsp3) is 0.500. The van der Waals surface area contributed by atoms with E-state index in [2.05, 4.69) is 0 Å². The highest BCUT2D eigenvalue weighted by Crippen LogP contribution is 2.35. The molecule has 1 aliphatic heterocycles. The number of anilines is 1. The number of carbonyl (C=O) groups is 2. The van der Waals surface area contributed by atoms with Crippen LogP contribution in [0.4, 0.5) is 5.69 Å². The summed E-state index contributed by atoms with van der Waals surface area (Å²) in [5, 5.41) is 0. The molecule has 0 saturated carbocycles. The molecule has 2 rings (SSSR count). The number of methoxy groups -OCH3 is 1. The molecule has 4 heteroatoms. The lowest BCUT2D eigenvalue weighted by atomic mass is 10.0. The molecule has 20 heavy (non-hydrogen) atoms. The van der Waals surface area contributed by atoms with Crippen molar-refractivity contribution in [3.63, 3.8) is 0 Å². The highest BCUT2D eigenvalue weighted by Gasteiger charge is 2.38. The topological polar surface area (TPSA) is 46.6 Å². The van der Waals surface area contributed by atoms with Crippen molar-refractivity contribution in [2.24, 2.45) is 0 Å². The quantitative estimate of drug-likeness (QED) is 0.794. The molecule has 0 aromatic heterocycles. The summed E-state index contributed by atoms with van der Waals surface area (Å²) in [4.78, 5) is 26.0. The summed E-state index contributed by atoms with van der Waals surface area (Å²) in [6.07, 6.45) is 0.676. The van der Waals surface area contributed by atoms with E-state index in [9.17, 15) is 9.59 Å². The van der Waals surface area contributed by atoms with E-state index in [1.807, 2.05) is 39.8 Å². The zero-order valence-electron chi connectivity index (χ0n) is 12.7. The van der Waals surface area contributed by atoms with Gasteiger partial charge in [-0.1, -0.05) is 12.1 Å². The van der Waals surface area contributed by atoms with Gasteiger partial charge in [-0.2, -0.15) is 0 Å². The van der Waals surface area contributed by atoms with E-state index in [1.54, 1.807) is 12.0 Å². The number of fused-ring (bicyclic) bond motifs is 1. The molecule has 0 N–H and O–H groups in total. The van der Waals surface area contributed by atoms with Crippen molar-refractivity contribution >= 4 is 17.4 Å². The van der Waals surface area contributed by atoms with E-state index in [0.717, 1.165) is 16.8 Å². The zero-order valence-corrected chi connectivity index (χ0v) is 12.7. The average molecular weight is 275 g/mol. The number of hydrogen-bond donors (Lipinski definition) is 0. The summed E-state index contributed by atoms with van der Waals surface area (Å²) < 4.78 is 5.38. The van der Waals surface area contributed by atoms with Gasteiger partial charge in [-0.05, 0) is 45.2 Å². The van der Waals surface area contributed by atoms with Crippen LogP contribution in [0.5, 0.6) is 0 Å². The molecule has 0 spiro atoms.